The average Bonchev–Trinajstić information content (AvgIpc) is 2.71. The molecule has 0 bridgehead atoms. The van der Waals surface area contributed by atoms with Gasteiger partial charge in [0.05, 0.1) is 9.52 Å². The highest BCUT2D eigenvalue weighted by molar-refractivity contribution is 6.36. The topological polar surface area (TPSA) is 79.9 Å². The minimum Gasteiger partial charge on any atom is -0.357 e. The van der Waals surface area contributed by atoms with Crippen LogP contribution in [-0.2, 0) is 14.3 Å². The van der Waals surface area contributed by atoms with Crippen molar-refractivity contribution in [1.82, 2.24) is 15.5 Å². The lowest BCUT2D eigenvalue weighted by Crippen LogP contribution is -2.68. The van der Waals surface area contributed by atoms with Crippen molar-refractivity contribution >= 4 is 21.5 Å². The van der Waals surface area contributed by atoms with Gasteiger partial charge in [-0.1, -0.05) is 6.04 Å². The number of amides is 3. The smallest absolute Gasteiger partial charge is 0.325 e. The molecule has 2 N–H and O–H groups in total. The van der Waals surface area contributed by atoms with E-state index in [0.717, 1.165) is 12.5 Å². The monoisotopic (exact) mass is 399 g/mol. The molecular weight excluding hydrogens is 362 g/mol. The van der Waals surface area contributed by atoms with E-state index in [1.54, 1.807) is 0 Å². The second-order valence-electron chi connectivity index (χ2n) is 9.05. The van der Waals surface area contributed by atoms with Crippen LogP contribution in [0.3, 0.4) is 0 Å². The fourth-order valence-electron chi connectivity index (χ4n) is 4.86. The molecule has 0 aromatic heterocycles. The second-order valence-corrected chi connectivity index (χ2v) is 11.0. The van der Waals surface area contributed by atoms with Crippen molar-refractivity contribution in [3.63, 3.8) is 0 Å². The predicted octanol–water partition coefficient (Wildman–Crippen LogP) is 1.55. The van der Waals surface area contributed by atoms with Gasteiger partial charge in [-0.3, -0.25) is 9.69 Å². The summed E-state index contributed by atoms with van der Waals surface area (Å²) in [4.78, 5) is 27.1. The molecule has 8 heteroatoms. The van der Waals surface area contributed by atoms with Crippen LogP contribution >= 0.6 is 0 Å². The largest absolute Gasteiger partial charge is 0.357 e. The number of hydrogen-bond donors (Lipinski definition) is 2. The molecular formula is C19H37N3O4Si. The van der Waals surface area contributed by atoms with E-state index in [0.29, 0.717) is 32.6 Å². The fourth-order valence-corrected chi connectivity index (χ4v) is 6.51. The third-order valence-corrected chi connectivity index (χ3v) is 7.04. The zero-order valence-electron chi connectivity index (χ0n) is 17.8. The highest BCUT2D eigenvalue weighted by Gasteiger charge is 2.58. The molecule has 7 nitrogen and oxygen atoms in total. The SMILES string of the molecule is CCOC(OCC)[SiH2]CCCN1C(=O)NC2(CC(C)(C)NC(C)(C)C2)C1=O. The molecule has 2 aliphatic heterocycles. The number of imide groups is 1. The van der Waals surface area contributed by atoms with E-state index in [1.807, 2.05) is 13.8 Å². The van der Waals surface area contributed by atoms with Gasteiger partial charge >= 0.3 is 6.03 Å². The lowest BCUT2D eigenvalue weighted by atomic mass is 9.71. The first-order valence-corrected chi connectivity index (χ1v) is 12.0. The van der Waals surface area contributed by atoms with Gasteiger partial charge in [0.25, 0.3) is 5.91 Å². The molecule has 1 spiro atoms. The zero-order valence-corrected chi connectivity index (χ0v) is 19.2. The summed E-state index contributed by atoms with van der Waals surface area (Å²) in [5, 5.41) is 6.61. The Morgan fingerprint density at radius 1 is 1.07 bits per heavy atom. The molecule has 0 aromatic carbocycles. The van der Waals surface area contributed by atoms with Crippen LogP contribution in [0.2, 0.25) is 6.04 Å². The lowest BCUT2D eigenvalue weighted by molar-refractivity contribution is -0.134. The summed E-state index contributed by atoms with van der Waals surface area (Å²) in [6.07, 6.45) is 2.02. The van der Waals surface area contributed by atoms with Crippen LogP contribution in [0.1, 0.15) is 60.8 Å². The van der Waals surface area contributed by atoms with Gasteiger partial charge in [0.2, 0.25) is 0 Å². The van der Waals surface area contributed by atoms with Crippen LogP contribution < -0.4 is 10.6 Å². The first-order valence-electron chi connectivity index (χ1n) is 10.2. The Hall–Kier alpha value is -0.963. The Labute approximate surface area is 165 Å². The summed E-state index contributed by atoms with van der Waals surface area (Å²) in [6, 6.07) is 0.731. The van der Waals surface area contributed by atoms with Crippen molar-refractivity contribution in [2.24, 2.45) is 0 Å². The predicted molar refractivity (Wildman–Crippen MR) is 109 cm³/mol. The van der Waals surface area contributed by atoms with E-state index < -0.39 is 15.1 Å². The van der Waals surface area contributed by atoms with Crippen molar-refractivity contribution in [2.75, 3.05) is 19.8 Å². The molecule has 156 valence electrons. The molecule has 2 saturated heterocycles. The summed E-state index contributed by atoms with van der Waals surface area (Å²) in [6.45, 7) is 14.0. The molecule has 0 aromatic rings. The third kappa shape index (κ3) is 5.53. The molecule has 0 aliphatic carbocycles. The summed E-state index contributed by atoms with van der Waals surface area (Å²) in [7, 11) is -0.560. The molecule has 2 fully saturated rings. The second kappa shape index (κ2) is 8.59. The van der Waals surface area contributed by atoms with Crippen LogP contribution in [0.25, 0.3) is 0 Å². The van der Waals surface area contributed by atoms with Crippen molar-refractivity contribution in [1.29, 1.82) is 0 Å². The van der Waals surface area contributed by atoms with Gasteiger partial charge in [0.15, 0.2) is 0 Å². The molecule has 2 rings (SSSR count). The third-order valence-electron chi connectivity index (χ3n) is 5.19. The van der Waals surface area contributed by atoms with Gasteiger partial charge in [-0.25, -0.2) is 4.79 Å². The number of urea groups is 1. The van der Waals surface area contributed by atoms with Crippen molar-refractivity contribution < 1.29 is 19.1 Å². The summed E-state index contributed by atoms with van der Waals surface area (Å²) < 4.78 is 11.2. The molecule has 2 aliphatic rings. The van der Waals surface area contributed by atoms with E-state index in [4.69, 9.17) is 9.47 Å². The molecule has 3 amide bonds. The molecule has 0 radical (unpaired) electrons. The highest BCUT2D eigenvalue weighted by Crippen LogP contribution is 2.39. The Morgan fingerprint density at radius 2 is 1.63 bits per heavy atom. The number of carbonyl (C=O) groups is 2. The van der Waals surface area contributed by atoms with E-state index in [9.17, 15) is 9.59 Å². The molecule has 2 heterocycles. The van der Waals surface area contributed by atoms with Crippen LogP contribution in [0.5, 0.6) is 0 Å². The van der Waals surface area contributed by atoms with E-state index in [1.165, 1.54) is 4.90 Å². The molecule has 0 saturated carbocycles. The number of hydrogen-bond acceptors (Lipinski definition) is 5. The van der Waals surface area contributed by atoms with E-state index >= 15 is 0 Å². The minimum absolute atomic E-state index is 0.0667. The summed E-state index contributed by atoms with van der Waals surface area (Å²) >= 11 is 0. The number of nitrogens with one attached hydrogen (secondary N) is 2. The maximum atomic E-state index is 13.2. The number of piperidine rings is 1. The quantitative estimate of drug-likeness (QED) is 0.266. The van der Waals surface area contributed by atoms with E-state index in [2.05, 4.69) is 38.3 Å². The lowest BCUT2D eigenvalue weighted by Gasteiger charge is -2.50. The first kappa shape index (κ1) is 22.3. The number of nitrogens with zero attached hydrogens (tertiary/aromatic N) is 1. The van der Waals surface area contributed by atoms with Crippen LogP contribution in [0, 0.1) is 0 Å². The summed E-state index contributed by atoms with van der Waals surface area (Å²) in [5.74, 6) is -0.136. The normalized spacial score (nSPS) is 23.7. The highest BCUT2D eigenvalue weighted by atomic mass is 28.2. The molecule has 27 heavy (non-hydrogen) atoms. The van der Waals surface area contributed by atoms with Gasteiger partial charge in [0.1, 0.15) is 11.5 Å². The number of ether oxygens (including phenoxy) is 2. The average molecular weight is 400 g/mol. The van der Waals surface area contributed by atoms with Crippen molar-refractivity contribution in [3.8, 4) is 0 Å². The van der Waals surface area contributed by atoms with Gasteiger partial charge in [-0.05, 0) is 60.8 Å². The minimum atomic E-state index is -0.786. The standard InChI is InChI=1S/C19H37N3O4Si/c1-7-25-16(26-8-2)27-11-9-10-22-14(23)19(20-15(22)24)12-17(3,4)21-18(5,6)13-19/h16,21H,7-13,27H2,1-6H3,(H,20,24). The van der Waals surface area contributed by atoms with Crippen molar-refractivity contribution in [3.05, 3.63) is 0 Å². The van der Waals surface area contributed by atoms with Crippen LogP contribution in [0.4, 0.5) is 4.79 Å². The molecule has 0 unspecified atom stereocenters. The maximum absolute atomic E-state index is 13.2. The zero-order chi connectivity index (χ0) is 20.3. The number of carbonyl (C=O) groups excluding carboxylic acids is 2. The maximum Gasteiger partial charge on any atom is 0.325 e. The van der Waals surface area contributed by atoms with Gasteiger partial charge in [-0.15, -0.1) is 0 Å². The Bertz CT molecular complexity index is 531. The Morgan fingerprint density at radius 3 is 2.15 bits per heavy atom. The van der Waals surface area contributed by atoms with Crippen LogP contribution in [-0.4, -0.2) is 68.6 Å². The van der Waals surface area contributed by atoms with Gasteiger partial charge in [0, 0.05) is 30.8 Å². The van der Waals surface area contributed by atoms with Crippen LogP contribution in [0.15, 0.2) is 0 Å². The Kier molecular flexibility index (Phi) is 7.10. The number of rotatable bonds is 9. The van der Waals surface area contributed by atoms with Gasteiger partial charge in [-0.2, -0.15) is 0 Å². The van der Waals surface area contributed by atoms with Gasteiger partial charge < -0.3 is 20.1 Å². The molecule has 0 atom stereocenters. The summed E-state index contributed by atoms with van der Waals surface area (Å²) in [5.41, 5.74) is -1.21. The fraction of sp³-hybridized carbons (Fsp3) is 0.895. The Balaban J connectivity index is 1.94. The first-order chi connectivity index (χ1) is 12.5. The van der Waals surface area contributed by atoms with Crippen molar-refractivity contribution in [2.45, 2.75) is 89.4 Å². The van der Waals surface area contributed by atoms with E-state index in [-0.39, 0.29) is 28.9 Å².